The van der Waals surface area contributed by atoms with Crippen LogP contribution in [0, 0.1) is 0 Å². The van der Waals surface area contributed by atoms with Crippen molar-refractivity contribution in [2.24, 2.45) is 7.05 Å². The van der Waals surface area contributed by atoms with E-state index in [2.05, 4.69) is 10.4 Å². The fraction of sp³-hybridized carbons (Fsp3) is 0.444. The van der Waals surface area contributed by atoms with Gasteiger partial charge in [-0.3, -0.25) is 14.3 Å². The van der Waals surface area contributed by atoms with E-state index in [1.54, 1.807) is 18.0 Å². The quantitative estimate of drug-likeness (QED) is 0.612. The molecule has 2 amide bonds. The molecule has 1 N–H and O–H groups in total. The molecule has 1 unspecified atom stereocenters. The molecule has 2 fully saturated rings. The Kier molecular flexibility index (Phi) is 6.02. The number of amides is 2. The Labute approximate surface area is 200 Å². The average molecular weight is 461 g/mol. The third kappa shape index (κ3) is 3.83. The van der Waals surface area contributed by atoms with E-state index in [0.29, 0.717) is 13.0 Å². The highest BCUT2D eigenvalue weighted by molar-refractivity contribution is 6.04. The van der Waals surface area contributed by atoms with Gasteiger partial charge in [0.05, 0.1) is 29.9 Å². The molecule has 5 rings (SSSR count). The van der Waals surface area contributed by atoms with Gasteiger partial charge in [-0.25, -0.2) is 0 Å². The number of hydrogen-bond acceptors (Lipinski definition) is 4. The first-order valence-corrected chi connectivity index (χ1v) is 12.2. The van der Waals surface area contributed by atoms with Crippen molar-refractivity contribution in [3.05, 3.63) is 54.2 Å². The van der Waals surface area contributed by atoms with Crippen LogP contribution < -0.4 is 10.1 Å². The summed E-state index contributed by atoms with van der Waals surface area (Å²) in [4.78, 5) is 29.4. The van der Waals surface area contributed by atoms with Crippen molar-refractivity contribution in [3.63, 3.8) is 0 Å². The molecule has 2 aliphatic rings. The largest absolute Gasteiger partial charge is 0.497 e. The van der Waals surface area contributed by atoms with Crippen molar-refractivity contribution >= 4 is 28.4 Å². The molecule has 0 bridgehead atoms. The van der Waals surface area contributed by atoms with Crippen LogP contribution in [0.2, 0.25) is 0 Å². The number of carbonyl (C=O) groups excluding carboxylic acids is 2. The zero-order chi connectivity index (χ0) is 23.7. The first-order chi connectivity index (χ1) is 16.5. The Morgan fingerprint density at radius 2 is 1.82 bits per heavy atom. The highest BCUT2D eigenvalue weighted by Gasteiger charge is 2.47. The number of nitrogens with one attached hydrogen (secondary N) is 1. The normalized spacial score (nSPS) is 19.8. The number of methoxy groups -OCH3 is 1. The number of fused-ring (bicyclic) bond motifs is 1. The summed E-state index contributed by atoms with van der Waals surface area (Å²) < 4.78 is 7.12. The second kappa shape index (κ2) is 9.12. The molecule has 1 aliphatic carbocycles. The summed E-state index contributed by atoms with van der Waals surface area (Å²) in [5.41, 5.74) is 2.15. The highest BCUT2D eigenvalue weighted by atomic mass is 16.5. The van der Waals surface area contributed by atoms with Crippen molar-refractivity contribution in [2.75, 3.05) is 19.0 Å². The lowest BCUT2D eigenvalue weighted by molar-refractivity contribution is -0.143. The van der Waals surface area contributed by atoms with Crippen molar-refractivity contribution in [1.29, 1.82) is 0 Å². The number of carbonyl (C=O) groups is 2. The topological polar surface area (TPSA) is 76.5 Å². The van der Waals surface area contributed by atoms with E-state index in [4.69, 9.17) is 4.74 Å². The van der Waals surface area contributed by atoms with E-state index in [9.17, 15) is 9.59 Å². The third-order valence-corrected chi connectivity index (χ3v) is 7.63. The molecule has 7 heteroatoms. The van der Waals surface area contributed by atoms with Gasteiger partial charge >= 0.3 is 0 Å². The van der Waals surface area contributed by atoms with Crippen LogP contribution in [0.3, 0.4) is 0 Å². The third-order valence-electron chi connectivity index (χ3n) is 7.63. The number of anilines is 1. The van der Waals surface area contributed by atoms with Crippen molar-refractivity contribution in [1.82, 2.24) is 14.7 Å². The molecule has 1 aromatic heterocycles. The smallest absolute Gasteiger partial charge is 0.247 e. The van der Waals surface area contributed by atoms with Crippen LogP contribution in [0.25, 0.3) is 10.9 Å². The molecule has 1 aliphatic heterocycles. The van der Waals surface area contributed by atoms with E-state index < -0.39 is 11.5 Å². The van der Waals surface area contributed by atoms with Gasteiger partial charge in [0.25, 0.3) is 0 Å². The summed E-state index contributed by atoms with van der Waals surface area (Å²) in [5.74, 6) is 0.752. The summed E-state index contributed by atoms with van der Waals surface area (Å²) in [5, 5.41) is 8.30. The molecule has 178 valence electrons. The fourth-order valence-electron chi connectivity index (χ4n) is 5.75. The molecular weight excluding hydrogens is 428 g/mol. The molecule has 1 atom stereocenters. The van der Waals surface area contributed by atoms with Gasteiger partial charge < -0.3 is 15.0 Å². The van der Waals surface area contributed by atoms with Crippen LogP contribution in [0.4, 0.5) is 5.69 Å². The van der Waals surface area contributed by atoms with Crippen molar-refractivity contribution in [3.8, 4) is 5.75 Å². The molecular formula is C27H32N4O3. The van der Waals surface area contributed by atoms with E-state index in [-0.39, 0.29) is 11.8 Å². The zero-order valence-electron chi connectivity index (χ0n) is 19.9. The maximum Gasteiger partial charge on any atom is 0.247 e. The molecule has 1 saturated carbocycles. The summed E-state index contributed by atoms with van der Waals surface area (Å²) in [6.07, 6.45) is 8.10. The predicted octanol–water partition coefficient (Wildman–Crippen LogP) is 4.41. The van der Waals surface area contributed by atoms with Crippen LogP contribution in [0.1, 0.15) is 50.5 Å². The lowest BCUT2D eigenvalue weighted by Gasteiger charge is -2.40. The van der Waals surface area contributed by atoms with Crippen LogP contribution in [-0.2, 0) is 22.1 Å². The lowest BCUT2D eigenvalue weighted by atomic mass is 9.68. The van der Waals surface area contributed by atoms with E-state index in [1.165, 1.54) is 0 Å². The maximum absolute atomic E-state index is 14.2. The Hall–Kier alpha value is -3.35. The van der Waals surface area contributed by atoms with Crippen molar-refractivity contribution < 1.29 is 14.3 Å². The molecule has 7 nitrogen and oxygen atoms in total. The van der Waals surface area contributed by atoms with Gasteiger partial charge in [0.2, 0.25) is 11.8 Å². The van der Waals surface area contributed by atoms with Gasteiger partial charge in [-0.1, -0.05) is 37.5 Å². The minimum atomic E-state index is -0.573. The fourth-order valence-corrected chi connectivity index (χ4v) is 5.75. The second-order valence-electron chi connectivity index (χ2n) is 9.52. The van der Waals surface area contributed by atoms with Gasteiger partial charge in [-0.05, 0) is 55.5 Å². The number of hydrogen-bond donors (Lipinski definition) is 1. The molecule has 2 heterocycles. The van der Waals surface area contributed by atoms with E-state index in [0.717, 1.165) is 66.4 Å². The van der Waals surface area contributed by atoms with Gasteiger partial charge in [-0.2, -0.15) is 5.10 Å². The molecule has 1 saturated heterocycles. The van der Waals surface area contributed by atoms with Crippen molar-refractivity contribution in [2.45, 2.75) is 56.4 Å². The standard InChI is InChI=1S/C27H32N4O3/c1-30-23-9-6-8-22(21(23)18-28-30)29-25(32)24-10-7-17-31(24)26(33)27(15-4-3-5-16-27)19-11-13-20(34-2)14-12-19/h6,8-9,11-14,18,24H,3-5,7,10,15-17H2,1-2H3,(H,29,32). The number of aromatic nitrogens is 2. The SMILES string of the molecule is COc1ccc(C2(C(=O)N3CCCC3C(=O)Nc3cccc4c3cnn4C)CCCCC2)cc1. The van der Waals surface area contributed by atoms with Gasteiger partial charge in [-0.15, -0.1) is 0 Å². The van der Waals surface area contributed by atoms with E-state index in [1.807, 2.05) is 54.4 Å². The number of rotatable bonds is 5. The first-order valence-electron chi connectivity index (χ1n) is 12.2. The molecule has 2 aromatic carbocycles. The van der Waals surface area contributed by atoms with Crippen LogP contribution in [0.15, 0.2) is 48.7 Å². The second-order valence-corrected chi connectivity index (χ2v) is 9.52. The van der Waals surface area contributed by atoms with Crippen LogP contribution in [-0.4, -0.2) is 46.2 Å². The van der Waals surface area contributed by atoms with Gasteiger partial charge in [0.1, 0.15) is 11.8 Å². The minimum absolute atomic E-state index is 0.0922. The lowest BCUT2D eigenvalue weighted by Crippen LogP contribution is -2.52. The van der Waals surface area contributed by atoms with Crippen LogP contribution >= 0.6 is 0 Å². The minimum Gasteiger partial charge on any atom is -0.497 e. The van der Waals surface area contributed by atoms with Gasteiger partial charge in [0, 0.05) is 19.0 Å². The molecule has 0 spiro atoms. The number of nitrogens with zero attached hydrogens (tertiary/aromatic N) is 3. The number of ether oxygens (including phenoxy) is 1. The Morgan fingerprint density at radius 1 is 1.06 bits per heavy atom. The Bertz CT molecular complexity index is 1190. The van der Waals surface area contributed by atoms with E-state index >= 15 is 0 Å². The molecule has 0 radical (unpaired) electrons. The molecule has 3 aromatic rings. The number of likely N-dealkylation sites (tertiary alicyclic amines) is 1. The predicted molar refractivity (Wildman–Crippen MR) is 132 cm³/mol. The zero-order valence-corrected chi connectivity index (χ0v) is 19.9. The first kappa shape index (κ1) is 22.4. The number of aryl methyl sites for hydroxylation is 1. The highest BCUT2D eigenvalue weighted by Crippen LogP contribution is 2.43. The number of benzene rings is 2. The van der Waals surface area contributed by atoms with Gasteiger partial charge in [0.15, 0.2) is 0 Å². The average Bonchev–Trinajstić information content (AvgIpc) is 3.52. The van der Waals surface area contributed by atoms with Crippen LogP contribution in [0.5, 0.6) is 5.75 Å². The summed E-state index contributed by atoms with van der Waals surface area (Å²) >= 11 is 0. The summed E-state index contributed by atoms with van der Waals surface area (Å²) in [7, 11) is 3.53. The Morgan fingerprint density at radius 3 is 2.56 bits per heavy atom. The Balaban J connectivity index is 1.42. The summed E-state index contributed by atoms with van der Waals surface area (Å²) in [6, 6.07) is 13.2. The summed E-state index contributed by atoms with van der Waals surface area (Å²) in [6.45, 7) is 0.617. The monoisotopic (exact) mass is 460 g/mol. The molecule has 34 heavy (non-hydrogen) atoms. The maximum atomic E-state index is 14.2.